The van der Waals surface area contributed by atoms with Gasteiger partial charge in [-0.15, -0.1) is 0 Å². The predicted octanol–water partition coefficient (Wildman–Crippen LogP) is 4.24. The van der Waals surface area contributed by atoms with E-state index in [1.54, 1.807) is 23.1 Å². The summed E-state index contributed by atoms with van der Waals surface area (Å²) in [5, 5.41) is 7.03. The molecule has 0 aliphatic carbocycles. The summed E-state index contributed by atoms with van der Waals surface area (Å²) in [5.74, 6) is 0.598. The molecule has 3 rings (SSSR count). The molecule has 0 aliphatic heterocycles. The van der Waals surface area contributed by atoms with Gasteiger partial charge in [0.2, 0.25) is 0 Å². The Labute approximate surface area is 148 Å². The standard InChI is InChI=1S/C18H16BrN3O2/c1-13-4-2-3-5-17(13)18(23)21-15-10-20-22(11-15)12-24-16-8-6-14(19)7-9-16/h2-11H,12H2,1H3,(H,21,23). The van der Waals surface area contributed by atoms with Gasteiger partial charge in [0.1, 0.15) is 5.75 Å². The molecule has 0 fully saturated rings. The Morgan fingerprint density at radius 3 is 2.71 bits per heavy atom. The number of carbonyl (C=O) groups excluding carboxylic acids is 1. The predicted molar refractivity (Wildman–Crippen MR) is 96.1 cm³/mol. The largest absolute Gasteiger partial charge is 0.471 e. The van der Waals surface area contributed by atoms with Gasteiger partial charge in [-0.3, -0.25) is 4.79 Å². The quantitative estimate of drug-likeness (QED) is 0.714. The first-order valence-electron chi connectivity index (χ1n) is 7.39. The Kier molecular flexibility index (Phi) is 4.96. The minimum atomic E-state index is -0.151. The lowest BCUT2D eigenvalue weighted by Gasteiger charge is -2.06. The lowest BCUT2D eigenvalue weighted by Crippen LogP contribution is -2.12. The van der Waals surface area contributed by atoms with Crippen LogP contribution in [0.15, 0.2) is 65.4 Å². The van der Waals surface area contributed by atoms with Crippen LogP contribution in [0.4, 0.5) is 5.69 Å². The van der Waals surface area contributed by atoms with E-state index >= 15 is 0 Å². The molecule has 0 radical (unpaired) electrons. The number of nitrogens with one attached hydrogen (secondary N) is 1. The maximum atomic E-state index is 12.3. The maximum absolute atomic E-state index is 12.3. The van der Waals surface area contributed by atoms with Crippen molar-refractivity contribution in [2.24, 2.45) is 0 Å². The van der Waals surface area contributed by atoms with Gasteiger partial charge in [-0.2, -0.15) is 5.10 Å². The van der Waals surface area contributed by atoms with Gasteiger partial charge in [-0.1, -0.05) is 34.1 Å². The first kappa shape index (κ1) is 16.3. The van der Waals surface area contributed by atoms with Gasteiger partial charge in [0.15, 0.2) is 6.73 Å². The Balaban J connectivity index is 1.60. The molecule has 0 bridgehead atoms. The lowest BCUT2D eigenvalue weighted by atomic mass is 10.1. The van der Waals surface area contributed by atoms with Gasteiger partial charge >= 0.3 is 0 Å². The highest BCUT2D eigenvalue weighted by atomic mass is 79.9. The van der Waals surface area contributed by atoms with E-state index in [1.807, 2.05) is 49.4 Å². The molecule has 5 nitrogen and oxygen atoms in total. The molecule has 1 heterocycles. The van der Waals surface area contributed by atoms with Crippen LogP contribution in [0.3, 0.4) is 0 Å². The Morgan fingerprint density at radius 2 is 1.96 bits per heavy atom. The van der Waals surface area contributed by atoms with E-state index in [0.717, 1.165) is 15.8 Å². The van der Waals surface area contributed by atoms with Crippen LogP contribution in [0.25, 0.3) is 0 Å². The number of hydrogen-bond donors (Lipinski definition) is 1. The number of benzene rings is 2. The number of hydrogen-bond acceptors (Lipinski definition) is 3. The van der Waals surface area contributed by atoms with Crippen molar-refractivity contribution >= 4 is 27.5 Å². The minimum Gasteiger partial charge on any atom is -0.471 e. The molecular weight excluding hydrogens is 370 g/mol. The molecule has 0 aliphatic rings. The Bertz CT molecular complexity index is 843. The summed E-state index contributed by atoms with van der Waals surface area (Å²) in [4.78, 5) is 12.3. The van der Waals surface area contributed by atoms with Crippen LogP contribution in [0.5, 0.6) is 5.75 Å². The average molecular weight is 386 g/mol. The summed E-state index contributed by atoms with van der Waals surface area (Å²) in [6.07, 6.45) is 3.33. The number of nitrogens with zero attached hydrogens (tertiary/aromatic N) is 2. The summed E-state index contributed by atoms with van der Waals surface area (Å²) in [6.45, 7) is 2.17. The van der Waals surface area contributed by atoms with Gasteiger partial charge < -0.3 is 10.1 Å². The number of carbonyl (C=O) groups is 1. The van der Waals surface area contributed by atoms with Gasteiger partial charge in [0, 0.05) is 10.0 Å². The van der Waals surface area contributed by atoms with Crippen molar-refractivity contribution < 1.29 is 9.53 Å². The zero-order valence-electron chi connectivity index (χ0n) is 13.1. The van der Waals surface area contributed by atoms with Crippen molar-refractivity contribution in [2.75, 3.05) is 5.32 Å². The van der Waals surface area contributed by atoms with Crippen molar-refractivity contribution in [3.8, 4) is 5.75 Å². The number of amides is 1. The molecule has 1 N–H and O–H groups in total. The molecule has 24 heavy (non-hydrogen) atoms. The van der Waals surface area contributed by atoms with Crippen molar-refractivity contribution in [3.63, 3.8) is 0 Å². The molecule has 0 saturated carbocycles. The first-order chi connectivity index (χ1) is 11.6. The highest BCUT2D eigenvalue weighted by Crippen LogP contribution is 2.17. The fourth-order valence-corrected chi connectivity index (χ4v) is 2.46. The monoisotopic (exact) mass is 385 g/mol. The normalized spacial score (nSPS) is 10.4. The third-order valence-corrected chi connectivity index (χ3v) is 3.99. The summed E-state index contributed by atoms with van der Waals surface area (Å²) in [5.41, 5.74) is 2.21. The van der Waals surface area contributed by atoms with Crippen LogP contribution >= 0.6 is 15.9 Å². The Hall–Kier alpha value is -2.60. The highest BCUT2D eigenvalue weighted by molar-refractivity contribution is 9.10. The molecule has 3 aromatic rings. The third-order valence-electron chi connectivity index (χ3n) is 3.46. The van der Waals surface area contributed by atoms with E-state index in [4.69, 9.17) is 4.74 Å². The summed E-state index contributed by atoms with van der Waals surface area (Å²) < 4.78 is 8.25. The van der Waals surface area contributed by atoms with Crippen LogP contribution in [-0.4, -0.2) is 15.7 Å². The van der Waals surface area contributed by atoms with Gasteiger partial charge in [-0.05, 0) is 42.8 Å². The van der Waals surface area contributed by atoms with Crippen LogP contribution in [0.2, 0.25) is 0 Å². The fourth-order valence-electron chi connectivity index (χ4n) is 2.20. The number of halogens is 1. The average Bonchev–Trinajstić information content (AvgIpc) is 3.02. The first-order valence-corrected chi connectivity index (χ1v) is 8.19. The number of aromatic nitrogens is 2. The fraction of sp³-hybridized carbons (Fsp3) is 0.111. The van der Waals surface area contributed by atoms with Crippen molar-refractivity contribution in [2.45, 2.75) is 13.7 Å². The molecule has 1 aromatic heterocycles. The second-order valence-electron chi connectivity index (χ2n) is 5.26. The van der Waals surface area contributed by atoms with Gasteiger partial charge in [-0.25, -0.2) is 4.68 Å². The van der Waals surface area contributed by atoms with E-state index < -0.39 is 0 Å². The van der Waals surface area contributed by atoms with E-state index in [1.165, 1.54) is 0 Å². The van der Waals surface area contributed by atoms with E-state index in [-0.39, 0.29) is 12.6 Å². The number of ether oxygens (including phenoxy) is 1. The molecule has 0 saturated heterocycles. The summed E-state index contributed by atoms with van der Waals surface area (Å²) >= 11 is 3.38. The molecule has 122 valence electrons. The van der Waals surface area contributed by atoms with Crippen molar-refractivity contribution in [1.29, 1.82) is 0 Å². The van der Waals surface area contributed by atoms with Crippen molar-refractivity contribution in [1.82, 2.24) is 9.78 Å². The summed E-state index contributed by atoms with van der Waals surface area (Å²) in [6, 6.07) is 15.0. The number of rotatable bonds is 5. The van der Waals surface area contributed by atoms with Crippen LogP contribution < -0.4 is 10.1 Å². The molecule has 1 amide bonds. The minimum absolute atomic E-state index is 0.151. The zero-order valence-corrected chi connectivity index (χ0v) is 14.7. The summed E-state index contributed by atoms with van der Waals surface area (Å²) in [7, 11) is 0. The van der Waals surface area contributed by atoms with E-state index in [0.29, 0.717) is 11.3 Å². The van der Waals surface area contributed by atoms with Gasteiger partial charge in [0.25, 0.3) is 5.91 Å². The van der Waals surface area contributed by atoms with Crippen LogP contribution in [0, 0.1) is 6.92 Å². The highest BCUT2D eigenvalue weighted by Gasteiger charge is 2.09. The topological polar surface area (TPSA) is 56.2 Å². The molecule has 0 spiro atoms. The van der Waals surface area contributed by atoms with Crippen LogP contribution in [0.1, 0.15) is 15.9 Å². The SMILES string of the molecule is Cc1ccccc1C(=O)Nc1cnn(COc2ccc(Br)cc2)c1. The van der Waals surface area contributed by atoms with Crippen molar-refractivity contribution in [3.05, 3.63) is 76.5 Å². The Morgan fingerprint density at radius 1 is 1.21 bits per heavy atom. The zero-order chi connectivity index (χ0) is 16.9. The molecule has 6 heteroatoms. The molecule has 0 atom stereocenters. The van der Waals surface area contributed by atoms with E-state index in [2.05, 4.69) is 26.3 Å². The molecule has 0 unspecified atom stereocenters. The smallest absolute Gasteiger partial charge is 0.256 e. The second kappa shape index (κ2) is 7.31. The molecule has 2 aromatic carbocycles. The van der Waals surface area contributed by atoms with E-state index in [9.17, 15) is 4.79 Å². The third kappa shape index (κ3) is 4.02. The second-order valence-corrected chi connectivity index (χ2v) is 6.18. The number of aryl methyl sites for hydroxylation is 1. The van der Waals surface area contributed by atoms with Crippen LogP contribution in [-0.2, 0) is 6.73 Å². The molecular formula is C18H16BrN3O2. The number of anilines is 1. The van der Waals surface area contributed by atoms with Gasteiger partial charge in [0.05, 0.1) is 18.1 Å². The lowest BCUT2D eigenvalue weighted by molar-refractivity contribution is 0.102. The maximum Gasteiger partial charge on any atom is 0.256 e.